The molecule has 1 fully saturated rings. The molecule has 0 bridgehead atoms. The molecule has 0 aliphatic heterocycles. The molecule has 19 heavy (non-hydrogen) atoms. The third-order valence-corrected chi connectivity index (χ3v) is 4.56. The van der Waals surface area contributed by atoms with E-state index in [0.29, 0.717) is 5.54 Å². The predicted octanol–water partition coefficient (Wildman–Crippen LogP) is 1.42. The van der Waals surface area contributed by atoms with Crippen LogP contribution < -0.4 is 5.32 Å². The summed E-state index contributed by atoms with van der Waals surface area (Å²) in [5, 5.41) is 7.68. The Kier molecular flexibility index (Phi) is 4.58. The van der Waals surface area contributed by atoms with Crippen LogP contribution in [0.25, 0.3) is 0 Å². The normalized spacial score (nSPS) is 27.9. The maximum atomic E-state index is 4.26. The lowest BCUT2D eigenvalue weighted by Crippen LogP contribution is -2.54. The molecule has 0 amide bonds. The first-order valence-corrected chi connectivity index (χ1v) is 7.24. The lowest BCUT2D eigenvalue weighted by Gasteiger charge is -2.45. The van der Waals surface area contributed by atoms with Gasteiger partial charge in [0.05, 0.1) is 6.54 Å². The molecule has 5 nitrogen and oxygen atoms in total. The van der Waals surface area contributed by atoms with E-state index < -0.39 is 0 Å². The Morgan fingerprint density at radius 1 is 1.53 bits per heavy atom. The third-order valence-electron chi connectivity index (χ3n) is 4.56. The highest BCUT2D eigenvalue weighted by Gasteiger charge is 2.36. The van der Waals surface area contributed by atoms with Crippen LogP contribution in [0.4, 0.5) is 0 Å². The van der Waals surface area contributed by atoms with Gasteiger partial charge < -0.3 is 10.2 Å². The highest BCUT2D eigenvalue weighted by molar-refractivity contribution is 4.95. The molecule has 1 aromatic rings. The summed E-state index contributed by atoms with van der Waals surface area (Å²) in [6.45, 7) is 4.19. The minimum absolute atomic E-state index is 0.302. The van der Waals surface area contributed by atoms with Crippen molar-refractivity contribution >= 4 is 0 Å². The van der Waals surface area contributed by atoms with Gasteiger partial charge in [0.2, 0.25) is 0 Å². The van der Waals surface area contributed by atoms with Crippen LogP contribution in [-0.4, -0.2) is 45.8 Å². The second-order valence-electron chi connectivity index (χ2n) is 6.22. The lowest BCUT2D eigenvalue weighted by atomic mass is 9.75. The molecule has 0 radical (unpaired) electrons. The molecule has 108 valence electrons. The summed E-state index contributed by atoms with van der Waals surface area (Å²) in [6, 6.07) is 0. The minimum Gasteiger partial charge on any atom is -0.308 e. The van der Waals surface area contributed by atoms with Crippen LogP contribution in [0.15, 0.2) is 6.33 Å². The molecular weight excluding hydrogens is 238 g/mol. The summed E-state index contributed by atoms with van der Waals surface area (Å²) in [4.78, 5) is 6.67. The van der Waals surface area contributed by atoms with E-state index in [2.05, 4.69) is 41.3 Å². The van der Waals surface area contributed by atoms with E-state index in [-0.39, 0.29) is 0 Å². The van der Waals surface area contributed by atoms with Crippen molar-refractivity contribution in [2.24, 2.45) is 13.0 Å². The first-order chi connectivity index (χ1) is 9.03. The van der Waals surface area contributed by atoms with Crippen molar-refractivity contribution in [3.05, 3.63) is 12.2 Å². The number of likely N-dealkylation sites (N-methyl/N-ethyl adjacent to an activating group) is 1. The number of aryl methyl sites for hydroxylation is 1. The molecule has 2 unspecified atom stereocenters. The first kappa shape index (κ1) is 14.5. The molecule has 1 N–H and O–H groups in total. The van der Waals surface area contributed by atoms with Crippen molar-refractivity contribution in [1.29, 1.82) is 0 Å². The van der Waals surface area contributed by atoms with Crippen molar-refractivity contribution in [3.8, 4) is 0 Å². The molecule has 2 rings (SSSR count). The number of hydrogen-bond donors (Lipinski definition) is 1. The topological polar surface area (TPSA) is 46.0 Å². The van der Waals surface area contributed by atoms with Gasteiger partial charge in [0.1, 0.15) is 12.2 Å². The van der Waals surface area contributed by atoms with Crippen molar-refractivity contribution in [2.75, 3.05) is 20.6 Å². The van der Waals surface area contributed by atoms with Gasteiger partial charge in [-0.15, -0.1) is 0 Å². The summed E-state index contributed by atoms with van der Waals surface area (Å²) < 4.78 is 1.83. The molecule has 0 saturated heterocycles. The molecule has 0 aromatic carbocycles. The van der Waals surface area contributed by atoms with Gasteiger partial charge in [-0.2, -0.15) is 5.10 Å². The first-order valence-electron chi connectivity index (χ1n) is 7.24. The summed E-state index contributed by atoms with van der Waals surface area (Å²) in [5.41, 5.74) is 0.302. The Labute approximate surface area is 116 Å². The number of nitrogens with one attached hydrogen (secondary N) is 1. The monoisotopic (exact) mass is 265 g/mol. The van der Waals surface area contributed by atoms with Crippen LogP contribution in [0.2, 0.25) is 0 Å². The van der Waals surface area contributed by atoms with Gasteiger partial charge in [0.25, 0.3) is 0 Å². The number of hydrogen-bond acceptors (Lipinski definition) is 4. The maximum absolute atomic E-state index is 4.26. The predicted molar refractivity (Wildman–Crippen MR) is 76.8 cm³/mol. The quantitative estimate of drug-likeness (QED) is 0.874. The smallest absolute Gasteiger partial charge is 0.140 e. The fourth-order valence-corrected chi connectivity index (χ4v) is 3.24. The SMILES string of the molecule is CC1CCCC(CNCc2ncnn2C)(N(C)C)C1. The number of aromatic nitrogens is 3. The van der Waals surface area contributed by atoms with Gasteiger partial charge in [0, 0.05) is 19.1 Å². The summed E-state index contributed by atoms with van der Waals surface area (Å²) >= 11 is 0. The molecular formula is C14H27N5. The van der Waals surface area contributed by atoms with Crippen molar-refractivity contribution in [3.63, 3.8) is 0 Å². The summed E-state index contributed by atoms with van der Waals surface area (Å²) in [5.74, 6) is 1.82. The van der Waals surface area contributed by atoms with Crippen LogP contribution in [0.1, 0.15) is 38.4 Å². The van der Waals surface area contributed by atoms with Gasteiger partial charge in [-0.25, -0.2) is 4.98 Å². The van der Waals surface area contributed by atoms with Crippen molar-refractivity contribution in [2.45, 2.75) is 44.7 Å². The van der Waals surface area contributed by atoms with Crippen molar-refractivity contribution < 1.29 is 0 Å². The van der Waals surface area contributed by atoms with E-state index in [1.54, 1.807) is 6.33 Å². The average molecular weight is 265 g/mol. The Bertz CT molecular complexity index is 400. The Morgan fingerprint density at radius 2 is 2.32 bits per heavy atom. The molecule has 1 aromatic heterocycles. The average Bonchev–Trinajstić information content (AvgIpc) is 2.75. The zero-order chi connectivity index (χ0) is 13.9. The maximum Gasteiger partial charge on any atom is 0.140 e. The van der Waals surface area contributed by atoms with E-state index in [4.69, 9.17) is 0 Å². The second-order valence-corrected chi connectivity index (χ2v) is 6.22. The Morgan fingerprint density at radius 3 is 2.89 bits per heavy atom. The molecule has 1 saturated carbocycles. The Balaban J connectivity index is 1.92. The van der Waals surface area contributed by atoms with Crippen molar-refractivity contribution in [1.82, 2.24) is 25.0 Å². The highest BCUT2D eigenvalue weighted by atomic mass is 15.3. The van der Waals surface area contributed by atoms with Crippen LogP contribution in [0.5, 0.6) is 0 Å². The van der Waals surface area contributed by atoms with Crippen LogP contribution in [-0.2, 0) is 13.6 Å². The standard InChI is InChI=1S/C14H27N5/c1-12-6-5-7-14(8-12,18(2)3)10-15-9-13-16-11-17-19(13)4/h11-12,15H,5-10H2,1-4H3. The molecule has 2 atom stereocenters. The van der Waals surface area contributed by atoms with E-state index >= 15 is 0 Å². The lowest BCUT2D eigenvalue weighted by molar-refractivity contribution is 0.0747. The zero-order valence-corrected chi connectivity index (χ0v) is 12.7. The highest BCUT2D eigenvalue weighted by Crippen LogP contribution is 2.35. The fraction of sp³-hybridized carbons (Fsp3) is 0.857. The molecule has 1 aliphatic rings. The van der Waals surface area contributed by atoms with Gasteiger partial charge in [-0.05, 0) is 32.9 Å². The molecule has 1 heterocycles. The van der Waals surface area contributed by atoms with Gasteiger partial charge in [0.15, 0.2) is 0 Å². The van der Waals surface area contributed by atoms with E-state index in [9.17, 15) is 0 Å². The van der Waals surface area contributed by atoms with Crippen LogP contribution >= 0.6 is 0 Å². The van der Waals surface area contributed by atoms with Crippen LogP contribution in [0, 0.1) is 5.92 Å². The molecule has 0 spiro atoms. The van der Waals surface area contributed by atoms with Gasteiger partial charge in [-0.1, -0.05) is 19.8 Å². The van der Waals surface area contributed by atoms with Gasteiger partial charge >= 0.3 is 0 Å². The largest absolute Gasteiger partial charge is 0.308 e. The molecule has 1 aliphatic carbocycles. The third kappa shape index (κ3) is 3.34. The van der Waals surface area contributed by atoms with E-state index in [1.807, 2.05) is 11.7 Å². The van der Waals surface area contributed by atoms with E-state index in [1.165, 1.54) is 25.7 Å². The minimum atomic E-state index is 0.302. The molecule has 5 heteroatoms. The Hall–Kier alpha value is -0.940. The summed E-state index contributed by atoms with van der Waals surface area (Å²) in [7, 11) is 6.36. The van der Waals surface area contributed by atoms with E-state index in [0.717, 1.165) is 24.8 Å². The second kappa shape index (κ2) is 6.01. The fourth-order valence-electron chi connectivity index (χ4n) is 3.24. The number of rotatable bonds is 5. The summed E-state index contributed by atoms with van der Waals surface area (Å²) in [6.07, 6.45) is 6.90. The number of nitrogens with zero attached hydrogens (tertiary/aromatic N) is 4. The van der Waals surface area contributed by atoms with Crippen LogP contribution in [0.3, 0.4) is 0 Å². The zero-order valence-electron chi connectivity index (χ0n) is 12.7. The van der Waals surface area contributed by atoms with Gasteiger partial charge in [-0.3, -0.25) is 4.68 Å².